The standard InChI is InChI=1S/C31H37N5O3/c1-7-24-18-36(16-22-12-13-32-15-27(22)39-24)17-23-14-21(9-8-19(23)2)28(31(4,5)30(37)38)25-10-11-26-29(20(25)3)33-34-35(26)6/h8-15,24,28H,7,16-18H2,1-6H3,(H,37,38). The quantitative estimate of drug-likeness (QED) is 0.344. The number of pyridine rings is 1. The summed E-state index contributed by atoms with van der Waals surface area (Å²) >= 11 is 0. The highest BCUT2D eigenvalue weighted by atomic mass is 16.5. The molecule has 39 heavy (non-hydrogen) atoms. The second-order valence-electron chi connectivity index (χ2n) is 11.3. The summed E-state index contributed by atoms with van der Waals surface area (Å²) in [6.45, 7) is 12.2. The second-order valence-corrected chi connectivity index (χ2v) is 11.3. The Kier molecular flexibility index (Phi) is 7.16. The molecule has 0 bridgehead atoms. The summed E-state index contributed by atoms with van der Waals surface area (Å²) in [5.74, 6) is -0.354. The SMILES string of the molecule is CCC1CN(Cc2cc(C(c3ccc4c(nnn4C)c3C)C(C)(C)C(=O)O)ccc2C)Cc2ccncc2O1. The van der Waals surface area contributed by atoms with Gasteiger partial charge in [0.25, 0.3) is 0 Å². The van der Waals surface area contributed by atoms with Crippen molar-refractivity contribution in [2.24, 2.45) is 12.5 Å². The van der Waals surface area contributed by atoms with Gasteiger partial charge in [-0.3, -0.25) is 14.7 Å². The molecule has 204 valence electrons. The molecule has 0 amide bonds. The number of nitrogens with zero attached hydrogens (tertiary/aromatic N) is 5. The number of carboxylic acids is 1. The summed E-state index contributed by atoms with van der Waals surface area (Å²) in [6, 6.07) is 12.5. The Bertz CT molecular complexity index is 1530. The normalized spacial score (nSPS) is 16.9. The van der Waals surface area contributed by atoms with Gasteiger partial charge in [-0.25, -0.2) is 4.68 Å². The van der Waals surface area contributed by atoms with Crippen molar-refractivity contribution in [2.75, 3.05) is 6.54 Å². The third-order valence-electron chi connectivity index (χ3n) is 8.24. The van der Waals surface area contributed by atoms with Crippen LogP contribution >= 0.6 is 0 Å². The van der Waals surface area contributed by atoms with Crippen molar-refractivity contribution in [1.29, 1.82) is 0 Å². The lowest BCUT2D eigenvalue weighted by Gasteiger charge is -2.33. The number of aliphatic carboxylic acids is 1. The number of aromatic nitrogens is 4. The molecule has 2 aromatic carbocycles. The third-order valence-corrected chi connectivity index (χ3v) is 8.24. The predicted octanol–water partition coefficient (Wildman–Crippen LogP) is 5.40. The van der Waals surface area contributed by atoms with Gasteiger partial charge in [-0.2, -0.15) is 0 Å². The Morgan fingerprint density at radius 1 is 1.21 bits per heavy atom. The minimum Gasteiger partial charge on any atom is -0.487 e. The Morgan fingerprint density at radius 3 is 2.74 bits per heavy atom. The zero-order chi connectivity index (χ0) is 27.9. The lowest BCUT2D eigenvalue weighted by atomic mass is 9.69. The van der Waals surface area contributed by atoms with Crippen molar-refractivity contribution in [3.05, 3.63) is 82.2 Å². The van der Waals surface area contributed by atoms with E-state index in [1.165, 1.54) is 11.1 Å². The monoisotopic (exact) mass is 527 g/mol. The van der Waals surface area contributed by atoms with Gasteiger partial charge < -0.3 is 9.84 Å². The Labute approximate surface area is 229 Å². The molecule has 0 radical (unpaired) electrons. The Hall–Kier alpha value is -3.78. The van der Waals surface area contributed by atoms with Crippen molar-refractivity contribution in [3.63, 3.8) is 0 Å². The van der Waals surface area contributed by atoms with E-state index in [0.29, 0.717) is 0 Å². The van der Waals surface area contributed by atoms with Gasteiger partial charge in [0.15, 0.2) is 0 Å². The smallest absolute Gasteiger partial charge is 0.310 e. The summed E-state index contributed by atoms with van der Waals surface area (Å²) < 4.78 is 8.01. The molecule has 1 aliphatic heterocycles. The van der Waals surface area contributed by atoms with Gasteiger partial charge in [-0.15, -0.1) is 5.10 Å². The zero-order valence-electron chi connectivity index (χ0n) is 23.6. The molecule has 5 rings (SSSR count). The van der Waals surface area contributed by atoms with Crippen LogP contribution in [0.1, 0.15) is 66.5 Å². The third kappa shape index (κ3) is 5.01. The maximum absolute atomic E-state index is 12.6. The number of carbonyl (C=O) groups is 1. The van der Waals surface area contributed by atoms with Gasteiger partial charge in [0, 0.05) is 44.4 Å². The number of fused-ring (bicyclic) bond motifs is 2. The molecular weight excluding hydrogens is 490 g/mol. The van der Waals surface area contributed by atoms with Crippen LogP contribution in [0.15, 0.2) is 48.8 Å². The van der Waals surface area contributed by atoms with Crippen LogP contribution in [0.3, 0.4) is 0 Å². The average Bonchev–Trinajstić information content (AvgIpc) is 3.18. The fourth-order valence-corrected chi connectivity index (χ4v) is 5.74. The molecule has 4 aromatic rings. The summed E-state index contributed by atoms with van der Waals surface area (Å²) in [4.78, 5) is 19.3. The largest absolute Gasteiger partial charge is 0.487 e. The number of carboxylic acid groups (broad SMARTS) is 1. The zero-order valence-corrected chi connectivity index (χ0v) is 23.6. The molecule has 2 aromatic heterocycles. The summed E-state index contributed by atoms with van der Waals surface area (Å²) in [5, 5.41) is 18.9. The fourth-order valence-electron chi connectivity index (χ4n) is 5.74. The van der Waals surface area contributed by atoms with Crippen LogP contribution in [0, 0.1) is 19.3 Å². The molecule has 8 heteroatoms. The molecule has 2 unspecified atom stereocenters. The molecule has 8 nitrogen and oxygen atoms in total. The first-order chi connectivity index (χ1) is 18.6. The van der Waals surface area contributed by atoms with Crippen LogP contribution in [-0.4, -0.2) is 48.6 Å². The van der Waals surface area contributed by atoms with Crippen molar-refractivity contribution in [3.8, 4) is 5.75 Å². The first-order valence-corrected chi connectivity index (χ1v) is 13.5. The molecule has 0 saturated carbocycles. The molecule has 1 N–H and O–H groups in total. The fraction of sp³-hybridized carbons (Fsp3) is 0.419. The average molecular weight is 528 g/mol. The lowest BCUT2D eigenvalue weighted by molar-refractivity contribution is -0.147. The molecule has 0 spiro atoms. The van der Waals surface area contributed by atoms with E-state index < -0.39 is 11.4 Å². The van der Waals surface area contributed by atoms with Gasteiger partial charge in [-0.05, 0) is 74.1 Å². The van der Waals surface area contributed by atoms with Crippen LogP contribution in [0.25, 0.3) is 11.0 Å². The van der Waals surface area contributed by atoms with E-state index in [1.807, 2.05) is 58.4 Å². The maximum atomic E-state index is 12.6. The van der Waals surface area contributed by atoms with Crippen LogP contribution in [-0.2, 0) is 24.9 Å². The van der Waals surface area contributed by atoms with E-state index in [1.54, 1.807) is 4.68 Å². The topological polar surface area (TPSA) is 93.4 Å². The number of hydrogen-bond acceptors (Lipinski definition) is 6. The first kappa shape index (κ1) is 26.8. The summed E-state index contributed by atoms with van der Waals surface area (Å²) in [6.07, 6.45) is 4.61. The lowest BCUT2D eigenvalue weighted by Crippen LogP contribution is -2.33. The predicted molar refractivity (Wildman–Crippen MR) is 151 cm³/mol. The van der Waals surface area contributed by atoms with Crippen LogP contribution in [0.5, 0.6) is 5.75 Å². The minimum absolute atomic E-state index is 0.0824. The molecule has 0 aliphatic carbocycles. The minimum atomic E-state index is -1.05. The van der Waals surface area contributed by atoms with Gasteiger partial charge in [-0.1, -0.05) is 36.4 Å². The summed E-state index contributed by atoms with van der Waals surface area (Å²) in [7, 11) is 1.87. The Balaban J connectivity index is 1.56. The molecule has 0 fully saturated rings. The number of ether oxygens (including phenoxy) is 1. The van der Waals surface area contributed by atoms with E-state index in [4.69, 9.17) is 4.74 Å². The molecule has 1 aliphatic rings. The van der Waals surface area contributed by atoms with Gasteiger partial charge >= 0.3 is 5.97 Å². The highest BCUT2D eigenvalue weighted by molar-refractivity contribution is 5.81. The van der Waals surface area contributed by atoms with E-state index in [9.17, 15) is 9.90 Å². The molecular formula is C31H37N5O3. The van der Waals surface area contributed by atoms with E-state index in [0.717, 1.165) is 65.1 Å². The van der Waals surface area contributed by atoms with E-state index in [-0.39, 0.29) is 12.0 Å². The molecule has 3 heterocycles. The molecule has 0 saturated heterocycles. The maximum Gasteiger partial charge on any atom is 0.310 e. The van der Waals surface area contributed by atoms with Gasteiger partial charge in [0.05, 0.1) is 17.1 Å². The van der Waals surface area contributed by atoms with Gasteiger partial charge in [0.2, 0.25) is 0 Å². The second kappa shape index (κ2) is 10.4. The van der Waals surface area contributed by atoms with Crippen molar-refractivity contribution in [2.45, 2.75) is 66.2 Å². The van der Waals surface area contributed by atoms with Crippen LogP contribution in [0.2, 0.25) is 0 Å². The van der Waals surface area contributed by atoms with Crippen molar-refractivity contribution >= 4 is 17.0 Å². The van der Waals surface area contributed by atoms with Crippen molar-refractivity contribution in [1.82, 2.24) is 24.9 Å². The van der Waals surface area contributed by atoms with E-state index in [2.05, 4.69) is 52.2 Å². The highest BCUT2D eigenvalue weighted by Crippen LogP contribution is 2.44. The number of rotatable bonds is 7. The number of benzene rings is 2. The number of hydrogen-bond donors (Lipinski definition) is 1. The van der Waals surface area contributed by atoms with Gasteiger partial charge in [0.1, 0.15) is 17.4 Å². The Morgan fingerprint density at radius 2 is 2.00 bits per heavy atom. The first-order valence-electron chi connectivity index (χ1n) is 13.5. The van der Waals surface area contributed by atoms with E-state index >= 15 is 0 Å². The highest BCUT2D eigenvalue weighted by Gasteiger charge is 2.40. The number of aryl methyl sites for hydroxylation is 3. The van der Waals surface area contributed by atoms with Crippen LogP contribution < -0.4 is 4.74 Å². The molecule has 2 atom stereocenters. The van der Waals surface area contributed by atoms with Crippen LogP contribution in [0.4, 0.5) is 0 Å². The summed E-state index contributed by atoms with van der Waals surface area (Å²) in [5.41, 5.74) is 7.08. The van der Waals surface area contributed by atoms with Crippen molar-refractivity contribution < 1.29 is 14.6 Å².